The fraction of sp³-hybridized carbons (Fsp3) is 0.756. The molecule has 0 aliphatic heterocycles. The molecule has 9 nitrogen and oxygen atoms in total. The van der Waals surface area contributed by atoms with Crippen LogP contribution < -0.4 is 4.89 Å². The zero-order valence-electron chi connectivity index (χ0n) is 33.0. The van der Waals surface area contributed by atoms with E-state index in [9.17, 15) is 19.0 Å². The number of carbonyl (C=O) groups excluding carboxylic acids is 2. The van der Waals surface area contributed by atoms with Gasteiger partial charge >= 0.3 is 11.9 Å². The minimum atomic E-state index is -4.64. The standard InChI is InChI=1S/C41H74NO8P/c1-6-8-10-12-14-16-18-20-22-23-25-27-29-31-33-40(43)47-37-39(38-49-51(45,46)48-36-35-42(3,4)5)50-41(44)34-32-30-28-26-24-21-19-17-15-13-11-9-7-2/h9,11,15,17,21,24,28,30,39H,6-8,10,12-14,16,18-20,22-23,25-27,29,31-38H2,1-5H3/b11-9-,17-15-,24-21-,30-28-. The van der Waals surface area contributed by atoms with Crippen molar-refractivity contribution >= 4 is 19.8 Å². The number of hydrogen-bond donors (Lipinski definition) is 0. The van der Waals surface area contributed by atoms with Crippen LogP contribution in [0.3, 0.4) is 0 Å². The smallest absolute Gasteiger partial charge is 0.306 e. The Morgan fingerprint density at radius 2 is 1.12 bits per heavy atom. The normalized spacial score (nSPS) is 14.2. The van der Waals surface area contributed by atoms with Crippen molar-refractivity contribution in [3.05, 3.63) is 48.6 Å². The van der Waals surface area contributed by atoms with E-state index in [1.165, 1.54) is 70.6 Å². The Morgan fingerprint density at radius 3 is 1.63 bits per heavy atom. The van der Waals surface area contributed by atoms with Crippen LogP contribution in [0.4, 0.5) is 0 Å². The van der Waals surface area contributed by atoms with Gasteiger partial charge in [0.05, 0.1) is 27.7 Å². The third-order valence-electron chi connectivity index (χ3n) is 8.13. The van der Waals surface area contributed by atoms with Crippen molar-refractivity contribution in [2.24, 2.45) is 0 Å². The average Bonchev–Trinajstić information content (AvgIpc) is 3.07. The molecule has 0 aromatic heterocycles. The van der Waals surface area contributed by atoms with Crippen LogP contribution >= 0.6 is 7.82 Å². The van der Waals surface area contributed by atoms with Crippen molar-refractivity contribution in [1.82, 2.24) is 0 Å². The van der Waals surface area contributed by atoms with Crippen molar-refractivity contribution in [3.63, 3.8) is 0 Å². The molecule has 0 heterocycles. The van der Waals surface area contributed by atoms with E-state index in [1.807, 2.05) is 33.3 Å². The molecule has 2 unspecified atom stereocenters. The van der Waals surface area contributed by atoms with Crippen molar-refractivity contribution < 1.29 is 42.1 Å². The number of unbranched alkanes of at least 4 members (excludes halogenated alkanes) is 13. The average molecular weight is 740 g/mol. The summed E-state index contributed by atoms with van der Waals surface area (Å²) >= 11 is 0. The Morgan fingerprint density at radius 1 is 0.627 bits per heavy atom. The van der Waals surface area contributed by atoms with Gasteiger partial charge in [0.1, 0.15) is 19.8 Å². The topological polar surface area (TPSA) is 111 Å². The van der Waals surface area contributed by atoms with E-state index in [0.717, 1.165) is 44.9 Å². The quantitative estimate of drug-likeness (QED) is 0.0208. The Balaban J connectivity index is 4.51. The van der Waals surface area contributed by atoms with E-state index in [4.69, 9.17) is 18.5 Å². The minimum Gasteiger partial charge on any atom is -0.756 e. The van der Waals surface area contributed by atoms with Gasteiger partial charge in [-0.3, -0.25) is 14.2 Å². The maximum Gasteiger partial charge on any atom is 0.306 e. The Kier molecular flexibility index (Phi) is 32.4. The van der Waals surface area contributed by atoms with E-state index in [-0.39, 0.29) is 26.1 Å². The third-order valence-corrected chi connectivity index (χ3v) is 9.09. The number of phosphoric acid groups is 1. The monoisotopic (exact) mass is 740 g/mol. The van der Waals surface area contributed by atoms with Gasteiger partial charge in [0.25, 0.3) is 7.82 Å². The number of phosphoric ester groups is 1. The van der Waals surface area contributed by atoms with Gasteiger partial charge in [0.15, 0.2) is 6.10 Å². The molecule has 0 aliphatic carbocycles. The number of allylic oxidation sites excluding steroid dienone is 8. The summed E-state index contributed by atoms with van der Waals surface area (Å²) in [6, 6.07) is 0. The van der Waals surface area contributed by atoms with Gasteiger partial charge in [0.2, 0.25) is 0 Å². The molecule has 0 fully saturated rings. The van der Waals surface area contributed by atoms with Crippen molar-refractivity contribution in [3.8, 4) is 0 Å². The van der Waals surface area contributed by atoms with Gasteiger partial charge in [-0.25, -0.2) is 0 Å². The largest absolute Gasteiger partial charge is 0.756 e. The lowest BCUT2D eigenvalue weighted by atomic mass is 10.0. The molecular weight excluding hydrogens is 665 g/mol. The van der Waals surface area contributed by atoms with Crippen molar-refractivity contribution in [2.45, 2.75) is 155 Å². The zero-order chi connectivity index (χ0) is 37.9. The molecule has 0 N–H and O–H groups in total. The number of likely N-dealkylation sites (N-methyl/N-ethyl adjacent to an activating group) is 1. The summed E-state index contributed by atoms with van der Waals surface area (Å²) in [4.78, 5) is 37.3. The first kappa shape index (κ1) is 49.0. The fourth-order valence-corrected chi connectivity index (χ4v) is 5.75. The molecule has 0 rings (SSSR count). The van der Waals surface area contributed by atoms with E-state index < -0.39 is 32.5 Å². The van der Waals surface area contributed by atoms with E-state index in [0.29, 0.717) is 17.4 Å². The van der Waals surface area contributed by atoms with E-state index in [2.05, 4.69) is 50.3 Å². The third kappa shape index (κ3) is 37.5. The molecule has 0 saturated carbocycles. The van der Waals surface area contributed by atoms with Gasteiger partial charge in [-0.2, -0.15) is 0 Å². The second-order valence-corrected chi connectivity index (χ2v) is 15.7. The Bertz CT molecular complexity index is 1020. The molecule has 0 bridgehead atoms. The SMILES string of the molecule is CC/C=C\C/C=C\C/C=C\C/C=C\CCC(=O)OC(COC(=O)CCCCCCCCCCCCCCCC)COP(=O)([O-])OCC[N+](C)(C)C. The first-order chi connectivity index (χ1) is 24.5. The molecule has 0 saturated heterocycles. The first-order valence-electron chi connectivity index (χ1n) is 19.8. The molecule has 2 atom stereocenters. The molecule has 0 aliphatic rings. The number of ether oxygens (including phenoxy) is 2. The zero-order valence-corrected chi connectivity index (χ0v) is 33.9. The highest BCUT2D eigenvalue weighted by Crippen LogP contribution is 2.38. The van der Waals surface area contributed by atoms with Gasteiger partial charge in [-0.05, 0) is 38.5 Å². The molecule has 10 heteroatoms. The molecule has 0 radical (unpaired) electrons. The lowest BCUT2D eigenvalue weighted by Crippen LogP contribution is -2.37. The van der Waals surface area contributed by atoms with Gasteiger partial charge < -0.3 is 27.9 Å². The number of hydrogen-bond acceptors (Lipinski definition) is 8. The van der Waals surface area contributed by atoms with Crippen LogP contribution in [0.2, 0.25) is 0 Å². The summed E-state index contributed by atoms with van der Waals surface area (Å²) in [5.41, 5.74) is 0. The van der Waals surface area contributed by atoms with E-state index >= 15 is 0 Å². The molecule has 0 aromatic carbocycles. The number of carbonyl (C=O) groups is 2. The predicted molar refractivity (Wildman–Crippen MR) is 208 cm³/mol. The van der Waals surface area contributed by atoms with Gasteiger partial charge in [-0.1, -0.05) is 146 Å². The predicted octanol–water partition coefficient (Wildman–Crippen LogP) is 10.1. The van der Waals surface area contributed by atoms with Crippen LogP contribution in [0.25, 0.3) is 0 Å². The summed E-state index contributed by atoms with van der Waals surface area (Å²) in [6.45, 7) is 4.01. The van der Waals surface area contributed by atoms with Crippen LogP contribution in [0.5, 0.6) is 0 Å². The van der Waals surface area contributed by atoms with Gasteiger partial charge in [-0.15, -0.1) is 0 Å². The maximum absolute atomic E-state index is 12.6. The summed E-state index contributed by atoms with van der Waals surface area (Å²) in [7, 11) is 1.12. The Labute approximate surface area is 312 Å². The summed E-state index contributed by atoms with van der Waals surface area (Å²) in [6.07, 6.45) is 37.3. The molecule has 296 valence electrons. The minimum absolute atomic E-state index is 0.0439. The lowest BCUT2D eigenvalue weighted by molar-refractivity contribution is -0.870. The number of esters is 2. The van der Waals surface area contributed by atoms with Crippen LogP contribution in [-0.4, -0.2) is 70.0 Å². The fourth-order valence-electron chi connectivity index (χ4n) is 5.02. The van der Waals surface area contributed by atoms with Gasteiger partial charge in [0, 0.05) is 12.8 Å². The van der Waals surface area contributed by atoms with Crippen LogP contribution in [-0.2, 0) is 32.7 Å². The number of quaternary nitrogens is 1. The first-order valence-corrected chi connectivity index (χ1v) is 21.3. The molecular formula is C41H74NO8P. The van der Waals surface area contributed by atoms with Crippen LogP contribution in [0.15, 0.2) is 48.6 Å². The second kappa shape index (κ2) is 33.8. The van der Waals surface area contributed by atoms with Crippen molar-refractivity contribution in [2.75, 3.05) is 47.5 Å². The molecule has 51 heavy (non-hydrogen) atoms. The highest BCUT2D eigenvalue weighted by molar-refractivity contribution is 7.45. The molecule has 0 aromatic rings. The second-order valence-electron chi connectivity index (χ2n) is 14.3. The summed E-state index contributed by atoms with van der Waals surface area (Å²) in [5.74, 6) is -0.931. The molecule has 0 spiro atoms. The van der Waals surface area contributed by atoms with Crippen LogP contribution in [0, 0.1) is 0 Å². The summed E-state index contributed by atoms with van der Waals surface area (Å²) < 4.78 is 33.7. The highest BCUT2D eigenvalue weighted by Gasteiger charge is 2.21. The van der Waals surface area contributed by atoms with Crippen LogP contribution in [0.1, 0.15) is 149 Å². The highest BCUT2D eigenvalue weighted by atomic mass is 31.2. The Hall–Kier alpha value is -2.03. The molecule has 0 amide bonds. The summed E-state index contributed by atoms with van der Waals surface area (Å²) in [5, 5.41) is 0. The maximum atomic E-state index is 12.6. The number of nitrogens with zero attached hydrogens (tertiary/aromatic N) is 1. The van der Waals surface area contributed by atoms with Crippen molar-refractivity contribution in [1.29, 1.82) is 0 Å². The lowest BCUT2D eigenvalue weighted by Gasteiger charge is -2.28. The number of rotatable bonds is 35. The van der Waals surface area contributed by atoms with E-state index in [1.54, 1.807) is 0 Å².